The van der Waals surface area contributed by atoms with Crippen LogP contribution in [0.25, 0.3) is 0 Å². The van der Waals surface area contributed by atoms with Crippen LogP contribution in [-0.2, 0) is 28.7 Å². The number of carbonyl (C=O) groups excluding carboxylic acids is 4. The van der Waals surface area contributed by atoms with E-state index in [0.29, 0.717) is 41.1 Å². The van der Waals surface area contributed by atoms with E-state index in [1.807, 2.05) is 56.3 Å². The van der Waals surface area contributed by atoms with Crippen molar-refractivity contribution >= 4 is 41.0 Å². The molecule has 3 heterocycles. The molecule has 3 aromatic rings. The minimum Gasteiger partial charge on any atom is -0.455 e. The Hall–Kier alpha value is -4.77. The largest absolute Gasteiger partial charge is 0.455 e. The van der Waals surface area contributed by atoms with Crippen molar-refractivity contribution in [1.29, 1.82) is 0 Å². The Morgan fingerprint density at radius 3 is 2.31 bits per heavy atom. The van der Waals surface area contributed by atoms with Crippen molar-refractivity contribution in [3.63, 3.8) is 0 Å². The molecule has 3 aromatic carbocycles. The fourth-order valence-corrected chi connectivity index (χ4v) is 8.98. The summed E-state index contributed by atoms with van der Waals surface area (Å²) in [5.74, 6) is -3.83. The Balaban J connectivity index is 1.42. The van der Waals surface area contributed by atoms with Crippen LogP contribution in [0.2, 0.25) is 5.02 Å². The third-order valence-electron chi connectivity index (χ3n) is 11.3. The first-order valence-corrected chi connectivity index (χ1v) is 18.8. The van der Waals surface area contributed by atoms with Gasteiger partial charge in [0.25, 0.3) is 5.91 Å². The molecule has 1 spiro atoms. The number of rotatable bonds is 15. The van der Waals surface area contributed by atoms with Gasteiger partial charge in [0.15, 0.2) is 0 Å². The number of ether oxygens (including phenoxy) is 2. The van der Waals surface area contributed by atoms with Crippen LogP contribution in [0.15, 0.2) is 104 Å². The molecule has 3 saturated heterocycles. The minimum atomic E-state index is -1.40. The highest BCUT2D eigenvalue weighted by molar-refractivity contribution is 6.34. The summed E-state index contributed by atoms with van der Waals surface area (Å²) in [6, 6.07) is 20.9. The number of likely N-dealkylation sites (tertiary alicyclic amines) is 1. The van der Waals surface area contributed by atoms with Crippen molar-refractivity contribution in [2.75, 3.05) is 25.1 Å². The number of esters is 1. The third-order valence-corrected chi connectivity index (χ3v) is 11.7. The fourth-order valence-electron chi connectivity index (χ4n) is 8.66. The molecule has 3 aliphatic rings. The van der Waals surface area contributed by atoms with Crippen LogP contribution in [0.4, 0.5) is 5.69 Å². The van der Waals surface area contributed by atoms with Crippen LogP contribution >= 0.6 is 11.6 Å². The monoisotopic (exact) mass is 753 g/mol. The van der Waals surface area contributed by atoms with Gasteiger partial charge in [0.1, 0.15) is 17.7 Å². The maximum Gasteiger partial charge on any atom is 0.313 e. The molecule has 0 aromatic heterocycles. The van der Waals surface area contributed by atoms with Crippen molar-refractivity contribution in [2.24, 2.45) is 11.8 Å². The fraction of sp³-hybridized carbons (Fsp3) is 0.395. The third kappa shape index (κ3) is 6.87. The van der Waals surface area contributed by atoms with Gasteiger partial charge < -0.3 is 29.3 Å². The number of aryl methyl sites for hydroxylation is 1. The lowest BCUT2D eigenvalue weighted by molar-refractivity contribution is -0.165. The maximum atomic E-state index is 15.2. The number of anilines is 1. The van der Waals surface area contributed by atoms with Crippen LogP contribution in [0.5, 0.6) is 0 Å². The van der Waals surface area contributed by atoms with Gasteiger partial charge in [0.05, 0.1) is 47.3 Å². The number of carbonyl (C=O) groups is 4. The molecule has 284 valence electrons. The Kier molecular flexibility index (Phi) is 11.8. The number of aliphatic hydroxyl groups excluding tert-OH is 1. The summed E-state index contributed by atoms with van der Waals surface area (Å²) in [6.45, 7) is 10.9. The average molecular weight is 754 g/mol. The number of likely N-dealkylation sites (N-methyl/N-ethyl adjacent to an activating group) is 1. The molecule has 8 atom stereocenters. The van der Waals surface area contributed by atoms with E-state index in [0.717, 1.165) is 5.56 Å². The Labute approximate surface area is 322 Å². The molecule has 3 fully saturated rings. The molecule has 3 aliphatic heterocycles. The van der Waals surface area contributed by atoms with Gasteiger partial charge in [-0.3, -0.25) is 19.2 Å². The smallest absolute Gasteiger partial charge is 0.313 e. The molecule has 54 heavy (non-hydrogen) atoms. The summed E-state index contributed by atoms with van der Waals surface area (Å²) in [4.78, 5) is 62.5. The molecule has 0 saturated carbocycles. The van der Waals surface area contributed by atoms with E-state index in [9.17, 15) is 14.7 Å². The lowest BCUT2D eigenvalue weighted by Gasteiger charge is -2.39. The summed E-state index contributed by atoms with van der Waals surface area (Å²) >= 11 is 6.74. The van der Waals surface area contributed by atoms with Crippen LogP contribution in [0, 0.1) is 18.8 Å². The molecule has 2 bridgehead atoms. The lowest BCUT2D eigenvalue weighted by Crippen LogP contribution is -2.57. The van der Waals surface area contributed by atoms with Crippen molar-refractivity contribution in [3.8, 4) is 0 Å². The Morgan fingerprint density at radius 2 is 1.70 bits per heavy atom. The van der Waals surface area contributed by atoms with E-state index in [2.05, 4.69) is 13.2 Å². The first kappa shape index (κ1) is 38.9. The van der Waals surface area contributed by atoms with E-state index in [-0.39, 0.29) is 18.9 Å². The second-order valence-electron chi connectivity index (χ2n) is 14.4. The topological polar surface area (TPSA) is 117 Å². The molecule has 1 N–H and O–H groups in total. The molecule has 0 unspecified atom stereocenters. The number of amides is 3. The summed E-state index contributed by atoms with van der Waals surface area (Å²) in [5, 5.41) is 11.3. The average Bonchev–Trinajstić information content (AvgIpc) is 3.83. The van der Waals surface area contributed by atoms with E-state index in [1.165, 1.54) is 9.80 Å². The van der Waals surface area contributed by atoms with Crippen LogP contribution < -0.4 is 4.90 Å². The number of nitrogens with zero attached hydrogens (tertiary/aromatic N) is 3. The van der Waals surface area contributed by atoms with Crippen molar-refractivity contribution in [3.05, 3.63) is 126 Å². The zero-order chi connectivity index (χ0) is 38.7. The first-order valence-electron chi connectivity index (χ1n) is 18.5. The number of hydrogen-bond acceptors (Lipinski definition) is 7. The van der Waals surface area contributed by atoms with Gasteiger partial charge in [0, 0.05) is 20.0 Å². The number of fused-ring (bicyclic) bond motifs is 1. The number of allylic oxidation sites excluding steroid dienone is 1. The molecular formula is C43H48ClN3O7. The van der Waals surface area contributed by atoms with Gasteiger partial charge >= 0.3 is 5.97 Å². The highest BCUT2D eigenvalue weighted by atomic mass is 35.5. The summed E-state index contributed by atoms with van der Waals surface area (Å²) in [7, 11) is 1.68. The van der Waals surface area contributed by atoms with Gasteiger partial charge in [-0.2, -0.15) is 0 Å². The minimum absolute atomic E-state index is 0.0857. The van der Waals surface area contributed by atoms with Gasteiger partial charge in [-0.1, -0.05) is 96.5 Å². The molecule has 11 heteroatoms. The molecule has 3 amide bonds. The van der Waals surface area contributed by atoms with Crippen LogP contribution in [0.3, 0.4) is 0 Å². The van der Waals surface area contributed by atoms with Crippen molar-refractivity contribution in [1.82, 2.24) is 9.80 Å². The molecule has 6 rings (SSSR count). The van der Waals surface area contributed by atoms with Gasteiger partial charge in [-0.05, 0) is 55.9 Å². The van der Waals surface area contributed by atoms with Gasteiger partial charge in [-0.25, -0.2) is 0 Å². The van der Waals surface area contributed by atoms with E-state index >= 15 is 9.59 Å². The number of halogens is 1. The zero-order valence-corrected chi connectivity index (χ0v) is 31.7. The Bertz CT molecular complexity index is 1870. The van der Waals surface area contributed by atoms with E-state index in [1.54, 1.807) is 60.5 Å². The summed E-state index contributed by atoms with van der Waals surface area (Å²) in [6.07, 6.45) is 3.23. The second-order valence-corrected chi connectivity index (χ2v) is 14.8. The number of hydrogen-bond donors (Lipinski definition) is 1. The van der Waals surface area contributed by atoms with Crippen LogP contribution in [0.1, 0.15) is 61.4 Å². The maximum absolute atomic E-state index is 15.2. The molecular weight excluding hydrogens is 706 g/mol. The van der Waals surface area contributed by atoms with Crippen molar-refractivity contribution in [2.45, 2.75) is 75.5 Å². The van der Waals surface area contributed by atoms with Crippen molar-refractivity contribution < 1.29 is 33.8 Å². The van der Waals surface area contributed by atoms with E-state index < -0.39 is 72.2 Å². The number of aliphatic hydroxyl groups is 1. The standard InChI is InChI=1S/C43H48ClN3O7/c1-6-8-22-34(49)45(5)28(4)38(30-19-13-10-14-20-30)53-42(52)35-33-23-24-43(54-33)36(35)40(50)47(32(26-48)29-17-11-9-12-18-29)39(43)41(51)46(25-7-2)37-27(3)16-15-21-31(37)44/h6-7,9-21,28,32-33,35-36,38-39,48H,1-2,8,22-26H2,3-5H3/t28-,32-,33+,35-,36-,38+,39+,43-/m1/s1. The van der Waals surface area contributed by atoms with Gasteiger partial charge in [0.2, 0.25) is 11.8 Å². The van der Waals surface area contributed by atoms with Gasteiger partial charge in [-0.15, -0.1) is 13.2 Å². The summed E-state index contributed by atoms with van der Waals surface area (Å²) in [5.41, 5.74) is 1.14. The molecule has 0 aliphatic carbocycles. The highest BCUT2D eigenvalue weighted by Gasteiger charge is 2.76. The first-order chi connectivity index (χ1) is 26.0. The quantitative estimate of drug-likeness (QED) is 0.142. The van der Waals surface area contributed by atoms with E-state index in [4.69, 9.17) is 21.1 Å². The number of para-hydroxylation sites is 1. The zero-order valence-electron chi connectivity index (χ0n) is 31.0. The molecule has 10 nitrogen and oxygen atoms in total. The summed E-state index contributed by atoms with van der Waals surface area (Å²) < 4.78 is 13.1. The second kappa shape index (κ2) is 16.3. The normalized spacial score (nSPS) is 24.3. The SMILES string of the molecule is C=CCCC(=O)N(C)[C@H](C)[C@H](OC(=O)[C@@H]1[C@@H]2CC[C@]3(O2)[C@H](C(=O)N(CC=C)c2c(C)cccc2Cl)N([C@H](CO)c2ccccc2)C(=O)[C@@H]13)c1ccccc1. The predicted molar refractivity (Wildman–Crippen MR) is 206 cm³/mol. The highest BCUT2D eigenvalue weighted by Crippen LogP contribution is 2.60. The Morgan fingerprint density at radius 1 is 1.04 bits per heavy atom. The van der Waals surface area contributed by atoms with Crippen LogP contribution in [-0.4, -0.2) is 82.6 Å². The lowest BCUT2D eigenvalue weighted by atomic mass is 9.70. The predicted octanol–water partition coefficient (Wildman–Crippen LogP) is 6.37. The molecule has 0 radical (unpaired) electrons. The number of benzene rings is 3.